The highest BCUT2D eigenvalue weighted by Gasteiger charge is 2.20. The van der Waals surface area contributed by atoms with Crippen LogP contribution in [0.25, 0.3) is 82.6 Å². The molecule has 1 aliphatic carbocycles. The van der Waals surface area contributed by atoms with Crippen LogP contribution in [0.15, 0.2) is 164 Å². The van der Waals surface area contributed by atoms with Crippen molar-refractivity contribution in [2.75, 3.05) is 0 Å². The summed E-state index contributed by atoms with van der Waals surface area (Å²) in [7, 11) is 0. The van der Waals surface area contributed by atoms with Gasteiger partial charge in [0.05, 0.1) is 38.6 Å². The van der Waals surface area contributed by atoms with Gasteiger partial charge in [0.1, 0.15) is 0 Å². The van der Waals surface area contributed by atoms with E-state index >= 15 is 0 Å². The highest BCUT2D eigenvalue weighted by Crippen LogP contribution is 2.39. The Hall–Kier alpha value is -6.39. The van der Waals surface area contributed by atoms with Crippen molar-refractivity contribution in [3.63, 3.8) is 0 Å². The summed E-state index contributed by atoms with van der Waals surface area (Å²) in [6.07, 6.45) is 8.18. The van der Waals surface area contributed by atoms with Gasteiger partial charge in [-0.1, -0.05) is 91.0 Å². The number of fused-ring (bicyclic) bond motifs is 9. The molecule has 1 unspecified atom stereocenters. The van der Waals surface area contributed by atoms with Gasteiger partial charge in [0.15, 0.2) is 0 Å². The average molecular weight is 655 g/mol. The summed E-state index contributed by atoms with van der Waals surface area (Å²) in [6, 6.07) is 55.3. The summed E-state index contributed by atoms with van der Waals surface area (Å²) in [4.78, 5) is 5.49. The highest BCUT2D eigenvalue weighted by molar-refractivity contribution is 6.12. The second-order valence-electron chi connectivity index (χ2n) is 13.9. The van der Waals surface area contributed by atoms with Gasteiger partial charge >= 0.3 is 0 Å². The van der Waals surface area contributed by atoms with Crippen molar-refractivity contribution >= 4 is 65.5 Å². The minimum atomic E-state index is 0.348. The molecule has 0 saturated carbocycles. The second kappa shape index (κ2) is 11.1. The number of aromatic nitrogens is 4. The van der Waals surface area contributed by atoms with E-state index in [1.54, 1.807) is 0 Å². The maximum absolute atomic E-state index is 5.49. The van der Waals surface area contributed by atoms with Gasteiger partial charge in [-0.15, -0.1) is 0 Å². The van der Waals surface area contributed by atoms with Crippen LogP contribution in [0, 0.1) is 0 Å². The molecule has 1 atom stereocenters. The van der Waals surface area contributed by atoms with Crippen LogP contribution in [0.4, 0.5) is 0 Å². The van der Waals surface area contributed by atoms with Crippen molar-refractivity contribution < 1.29 is 0 Å². The Labute approximate surface area is 295 Å². The van der Waals surface area contributed by atoms with Gasteiger partial charge in [-0.25, -0.2) is 4.98 Å². The third-order valence-electron chi connectivity index (χ3n) is 11.0. The molecule has 51 heavy (non-hydrogen) atoms. The number of nitrogens with zero attached hydrogens (tertiary/aromatic N) is 4. The van der Waals surface area contributed by atoms with Crippen LogP contribution >= 0.6 is 0 Å². The third kappa shape index (κ3) is 4.23. The van der Waals surface area contributed by atoms with Crippen molar-refractivity contribution in [3.8, 4) is 17.1 Å². The van der Waals surface area contributed by atoms with Crippen LogP contribution in [0.5, 0.6) is 0 Å². The molecular formula is C47H34N4. The fourth-order valence-corrected chi connectivity index (χ4v) is 8.74. The lowest BCUT2D eigenvalue weighted by Gasteiger charge is -2.16. The molecule has 0 fully saturated rings. The smallest absolute Gasteiger partial charge is 0.0967 e. The van der Waals surface area contributed by atoms with Crippen LogP contribution in [0.1, 0.15) is 30.9 Å². The van der Waals surface area contributed by atoms with Gasteiger partial charge < -0.3 is 13.7 Å². The van der Waals surface area contributed by atoms with Gasteiger partial charge in [0, 0.05) is 55.6 Å². The van der Waals surface area contributed by atoms with Crippen molar-refractivity contribution in [1.29, 1.82) is 0 Å². The van der Waals surface area contributed by atoms with Crippen LogP contribution < -0.4 is 0 Å². The Morgan fingerprint density at radius 2 is 0.922 bits per heavy atom. The van der Waals surface area contributed by atoms with E-state index in [2.05, 4.69) is 178 Å². The zero-order valence-electron chi connectivity index (χ0n) is 28.1. The van der Waals surface area contributed by atoms with E-state index in [0.717, 1.165) is 57.5 Å². The quantitative estimate of drug-likeness (QED) is 0.174. The van der Waals surface area contributed by atoms with Crippen LogP contribution in [0.3, 0.4) is 0 Å². The number of hydrogen-bond donors (Lipinski definition) is 0. The van der Waals surface area contributed by atoms with E-state index < -0.39 is 0 Å². The molecular weight excluding hydrogens is 621 g/mol. The predicted octanol–water partition coefficient (Wildman–Crippen LogP) is 12.2. The molecule has 0 saturated heterocycles. The average Bonchev–Trinajstić information content (AvgIpc) is 3.83. The number of rotatable bonds is 4. The Morgan fingerprint density at radius 3 is 1.47 bits per heavy atom. The molecule has 4 aromatic heterocycles. The highest BCUT2D eigenvalue weighted by atomic mass is 15.0. The fourth-order valence-electron chi connectivity index (χ4n) is 8.74. The normalized spacial score (nSPS) is 14.9. The molecule has 10 aromatic rings. The maximum atomic E-state index is 5.49. The third-order valence-corrected chi connectivity index (χ3v) is 11.0. The van der Waals surface area contributed by atoms with Crippen LogP contribution in [0.2, 0.25) is 0 Å². The summed E-state index contributed by atoms with van der Waals surface area (Å²) >= 11 is 0. The van der Waals surface area contributed by atoms with E-state index in [1.165, 1.54) is 50.0 Å². The molecule has 11 rings (SSSR count). The molecule has 0 N–H and O–H groups in total. The van der Waals surface area contributed by atoms with E-state index in [1.807, 2.05) is 0 Å². The monoisotopic (exact) mass is 654 g/mol. The Kier molecular flexibility index (Phi) is 6.17. The molecule has 4 heteroatoms. The first-order valence-electron chi connectivity index (χ1n) is 18.0. The number of allylic oxidation sites excluding steroid dienone is 2. The molecule has 0 aliphatic heterocycles. The van der Waals surface area contributed by atoms with Crippen molar-refractivity contribution in [1.82, 2.24) is 18.7 Å². The second-order valence-corrected chi connectivity index (χ2v) is 13.9. The molecule has 4 nitrogen and oxygen atoms in total. The zero-order valence-corrected chi connectivity index (χ0v) is 28.1. The molecule has 0 spiro atoms. The van der Waals surface area contributed by atoms with E-state index in [9.17, 15) is 0 Å². The van der Waals surface area contributed by atoms with E-state index in [-0.39, 0.29) is 0 Å². The van der Waals surface area contributed by atoms with Gasteiger partial charge in [0.25, 0.3) is 0 Å². The number of hydrogen-bond acceptors (Lipinski definition) is 1. The first kappa shape index (κ1) is 28.4. The van der Waals surface area contributed by atoms with Crippen LogP contribution in [-0.2, 0) is 0 Å². The molecule has 0 radical (unpaired) electrons. The number of benzene rings is 6. The van der Waals surface area contributed by atoms with Crippen LogP contribution in [-0.4, -0.2) is 18.7 Å². The molecule has 0 bridgehead atoms. The predicted molar refractivity (Wildman–Crippen MR) is 213 cm³/mol. The summed E-state index contributed by atoms with van der Waals surface area (Å²) in [5.41, 5.74) is 12.7. The first-order chi connectivity index (χ1) is 25.3. The molecule has 4 heterocycles. The number of pyridine rings is 1. The summed E-state index contributed by atoms with van der Waals surface area (Å²) in [6.45, 7) is 0. The topological polar surface area (TPSA) is 27.7 Å². The first-order valence-corrected chi connectivity index (χ1v) is 18.0. The molecule has 6 aromatic carbocycles. The lowest BCUT2D eigenvalue weighted by Crippen LogP contribution is -2.02. The Bertz CT molecular complexity index is 2920. The lowest BCUT2D eigenvalue weighted by molar-refractivity contribution is 0.643. The van der Waals surface area contributed by atoms with Crippen molar-refractivity contribution in [2.24, 2.45) is 0 Å². The largest absolute Gasteiger partial charge is 0.309 e. The molecule has 1 aliphatic rings. The molecule has 242 valence electrons. The van der Waals surface area contributed by atoms with Gasteiger partial charge in [0.2, 0.25) is 0 Å². The van der Waals surface area contributed by atoms with Gasteiger partial charge in [-0.2, -0.15) is 0 Å². The summed E-state index contributed by atoms with van der Waals surface area (Å²) in [5, 5.41) is 6.22. The summed E-state index contributed by atoms with van der Waals surface area (Å²) < 4.78 is 7.21. The Morgan fingerprint density at radius 1 is 0.431 bits per heavy atom. The molecule has 0 amide bonds. The van der Waals surface area contributed by atoms with E-state index in [0.29, 0.717) is 5.92 Å². The summed E-state index contributed by atoms with van der Waals surface area (Å²) in [5.74, 6) is 0.348. The van der Waals surface area contributed by atoms with Gasteiger partial charge in [-0.05, 0) is 92.1 Å². The Balaban J connectivity index is 1.17. The zero-order chi connectivity index (χ0) is 33.5. The fraction of sp³-hybridized carbons (Fsp3) is 0.0851. The standard InChI is InChI=1S/C47H34N4/c1-2-13-31(14-3-1)40-26-28-46-47(48-40)39-30-34(50-43-23-10-6-19-37(43)38-20-7-11-24-44(38)50)25-27-45(39)51(46)33-16-12-15-32(29-33)49-41-21-8-4-17-35(41)36-18-5-9-22-42(36)49/h2,4-13,15-31H,1,3,14H2. The lowest BCUT2D eigenvalue weighted by atomic mass is 9.92. The van der Waals surface area contributed by atoms with Crippen molar-refractivity contribution in [2.45, 2.75) is 25.2 Å². The number of para-hydroxylation sites is 4. The minimum absolute atomic E-state index is 0.348. The SMILES string of the molecule is C1=CC(c2ccc3c(n2)c2cc(-n4c5ccccc5c5ccccc54)ccc2n3-c2cccc(-n3c4ccccc4c4ccccc43)c2)CCC1. The minimum Gasteiger partial charge on any atom is -0.309 e. The van der Waals surface area contributed by atoms with Gasteiger partial charge in [-0.3, -0.25) is 0 Å². The van der Waals surface area contributed by atoms with Crippen molar-refractivity contribution in [3.05, 3.63) is 170 Å². The van der Waals surface area contributed by atoms with E-state index in [4.69, 9.17) is 4.98 Å². The maximum Gasteiger partial charge on any atom is 0.0967 e.